The molecule has 0 heterocycles. The molecule has 0 saturated carbocycles. The van der Waals surface area contributed by atoms with Crippen molar-refractivity contribution in [1.29, 1.82) is 0 Å². The highest BCUT2D eigenvalue weighted by Gasteiger charge is 2.25. The van der Waals surface area contributed by atoms with Crippen LogP contribution in [-0.2, 0) is 28.6 Å². The van der Waals surface area contributed by atoms with E-state index in [4.69, 9.17) is 8.37 Å². The summed E-state index contributed by atoms with van der Waals surface area (Å²) in [7, 11) is -8.53. The lowest BCUT2D eigenvalue weighted by molar-refractivity contribution is 0.132. The summed E-state index contributed by atoms with van der Waals surface area (Å²) in [5.41, 5.74) is 0.984. The Morgan fingerprint density at radius 1 is 0.581 bits per heavy atom. The number of rotatable bonds is 6. The molecule has 0 spiro atoms. The Morgan fingerprint density at radius 2 is 0.968 bits per heavy atom. The van der Waals surface area contributed by atoms with Crippen molar-refractivity contribution in [2.45, 2.75) is 23.6 Å². The predicted molar refractivity (Wildman–Crippen MR) is 119 cm³/mol. The van der Waals surface area contributed by atoms with Crippen LogP contribution in [0.1, 0.15) is 11.1 Å². The maximum Gasteiger partial charge on any atom is 0.300 e. The van der Waals surface area contributed by atoms with Crippen LogP contribution in [0, 0.1) is 13.8 Å². The molecule has 0 amide bonds. The van der Waals surface area contributed by atoms with Gasteiger partial charge < -0.3 is 0 Å². The van der Waals surface area contributed by atoms with E-state index in [1.54, 1.807) is 74.5 Å². The average Bonchev–Trinajstić information content (AvgIpc) is 2.72. The van der Waals surface area contributed by atoms with Gasteiger partial charge in [0.25, 0.3) is 20.2 Å². The first-order chi connectivity index (χ1) is 14.7. The highest BCUT2D eigenvalue weighted by Crippen LogP contribution is 2.30. The van der Waals surface area contributed by atoms with E-state index < -0.39 is 27.0 Å². The van der Waals surface area contributed by atoms with Gasteiger partial charge in [0.1, 0.15) is 9.79 Å². The topological polar surface area (TPSA) is 86.7 Å². The third kappa shape index (κ3) is 4.07. The molecule has 0 radical (unpaired) electrons. The normalized spacial score (nSPS) is 12.5. The minimum Gasteiger partial charge on any atom is -0.236 e. The zero-order valence-corrected chi connectivity index (χ0v) is 18.5. The molecule has 6 nitrogen and oxygen atoms in total. The molecule has 0 fully saturated rings. The standard InChI is InChI=1S/C23H20O6S2/c1-16-11-13-18-7-3-5-9-20(18)22(16)30(24,25)28-15-29-31(26,27)23-17(2)12-14-19-8-4-6-10-21(19)23/h3-14H,15H2,1-2H3. The second-order valence-electron chi connectivity index (χ2n) is 7.13. The number of hydrogen-bond donors (Lipinski definition) is 0. The molecule has 0 aliphatic heterocycles. The van der Waals surface area contributed by atoms with E-state index in [0.717, 1.165) is 10.8 Å². The van der Waals surface area contributed by atoms with Crippen LogP contribution in [0.2, 0.25) is 0 Å². The Labute approximate surface area is 181 Å². The van der Waals surface area contributed by atoms with Crippen molar-refractivity contribution in [3.8, 4) is 0 Å². The largest absolute Gasteiger partial charge is 0.300 e. The summed E-state index contributed by atoms with van der Waals surface area (Å²) in [6.45, 7) is 2.34. The van der Waals surface area contributed by atoms with Gasteiger partial charge in [-0.05, 0) is 35.7 Å². The molecule has 31 heavy (non-hydrogen) atoms. The van der Waals surface area contributed by atoms with Crippen LogP contribution in [0.4, 0.5) is 0 Å². The molecule has 0 saturated heterocycles. The fourth-order valence-electron chi connectivity index (χ4n) is 3.63. The number of aryl methyl sites for hydroxylation is 2. The zero-order valence-electron chi connectivity index (χ0n) is 16.9. The molecule has 160 valence electrons. The van der Waals surface area contributed by atoms with Gasteiger partial charge in [0.05, 0.1) is 0 Å². The van der Waals surface area contributed by atoms with E-state index in [1.165, 1.54) is 0 Å². The van der Waals surface area contributed by atoms with Crippen molar-refractivity contribution in [2.75, 3.05) is 6.79 Å². The summed E-state index contributed by atoms with van der Waals surface area (Å²) in [6.07, 6.45) is 0. The first-order valence-electron chi connectivity index (χ1n) is 9.46. The van der Waals surface area contributed by atoms with Gasteiger partial charge in [0.15, 0.2) is 6.79 Å². The van der Waals surface area contributed by atoms with Crippen molar-refractivity contribution in [1.82, 2.24) is 0 Å². The molecule has 0 aromatic heterocycles. The molecule has 0 aliphatic carbocycles. The predicted octanol–water partition coefficient (Wildman–Crippen LogP) is 4.68. The van der Waals surface area contributed by atoms with Crippen LogP contribution in [0.5, 0.6) is 0 Å². The number of fused-ring (bicyclic) bond motifs is 2. The van der Waals surface area contributed by atoms with Crippen LogP contribution >= 0.6 is 0 Å². The molecule has 4 aromatic rings. The Kier molecular flexibility index (Phi) is 5.57. The van der Waals surface area contributed by atoms with Crippen molar-refractivity contribution < 1.29 is 25.2 Å². The van der Waals surface area contributed by atoms with Gasteiger partial charge >= 0.3 is 0 Å². The third-order valence-corrected chi connectivity index (χ3v) is 7.96. The van der Waals surface area contributed by atoms with E-state index in [2.05, 4.69) is 0 Å². The smallest absolute Gasteiger partial charge is 0.236 e. The number of hydrogen-bond acceptors (Lipinski definition) is 6. The van der Waals surface area contributed by atoms with Crippen LogP contribution in [-0.4, -0.2) is 23.6 Å². The Balaban J connectivity index is 1.63. The minimum atomic E-state index is -4.26. The summed E-state index contributed by atoms with van der Waals surface area (Å²) < 4.78 is 61.5. The van der Waals surface area contributed by atoms with Crippen LogP contribution in [0.15, 0.2) is 82.6 Å². The summed E-state index contributed by atoms with van der Waals surface area (Å²) >= 11 is 0. The van der Waals surface area contributed by atoms with Crippen LogP contribution in [0.25, 0.3) is 21.5 Å². The van der Waals surface area contributed by atoms with Gasteiger partial charge in [0, 0.05) is 10.8 Å². The molecular weight excluding hydrogens is 436 g/mol. The van der Waals surface area contributed by atoms with E-state index in [1.807, 2.05) is 12.1 Å². The molecule has 0 atom stereocenters. The average molecular weight is 457 g/mol. The molecule has 0 bridgehead atoms. The van der Waals surface area contributed by atoms with Gasteiger partial charge in [-0.1, -0.05) is 72.8 Å². The van der Waals surface area contributed by atoms with Crippen molar-refractivity contribution in [3.05, 3.63) is 83.9 Å². The first-order valence-corrected chi connectivity index (χ1v) is 12.3. The quantitative estimate of drug-likeness (QED) is 0.309. The SMILES string of the molecule is Cc1ccc2ccccc2c1S(=O)(=O)OCOS(=O)(=O)c1c(C)ccc2ccccc12. The van der Waals surface area contributed by atoms with E-state index in [-0.39, 0.29) is 9.79 Å². The molecule has 4 rings (SSSR count). The zero-order chi connectivity index (χ0) is 22.2. The maximum atomic E-state index is 12.9. The van der Waals surface area contributed by atoms with Gasteiger partial charge in [0.2, 0.25) is 0 Å². The Morgan fingerprint density at radius 3 is 1.39 bits per heavy atom. The highest BCUT2D eigenvalue weighted by molar-refractivity contribution is 7.87. The van der Waals surface area contributed by atoms with Gasteiger partial charge in [-0.2, -0.15) is 16.8 Å². The van der Waals surface area contributed by atoms with Crippen molar-refractivity contribution >= 4 is 41.8 Å². The fourth-order valence-corrected chi connectivity index (χ4v) is 6.11. The van der Waals surface area contributed by atoms with Gasteiger partial charge in [-0.15, -0.1) is 0 Å². The van der Waals surface area contributed by atoms with Crippen molar-refractivity contribution in [3.63, 3.8) is 0 Å². The number of benzene rings is 4. The monoisotopic (exact) mass is 456 g/mol. The lowest BCUT2D eigenvalue weighted by Gasteiger charge is -2.13. The first kappa shape index (κ1) is 21.5. The second-order valence-corrected chi connectivity index (χ2v) is 10.2. The summed E-state index contributed by atoms with van der Waals surface area (Å²) in [6, 6.07) is 21.0. The van der Waals surface area contributed by atoms with Crippen LogP contribution < -0.4 is 0 Å². The summed E-state index contributed by atoms with van der Waals surface area (Å²) in [4.78, 5) is -0.0131. The third-order valence-electron chi connectivity index (χ3n) is 5.06. The van der Waals surface area contributed by atoms with Gasteiger partial charge in [-0.25, -0.2) is 8.37 Å². The molecular formula is C23H20O6S2. The second kappa shape index (κ2) is 8.05. The molecule has 8 heteroatoms. The minimum absolute atomic E-state index is 0.00654. The summed E-state index contributed by atoms with van der Waals surface area (Å²) in [5.74, 6) is 0. The Hall–Kier alpha value is -2.78. The maximum absolute atomic E-state index is 12.9. The highest BCUT2D eigenvalue weighted by atomic mass is 32.2. The molecule has 0 aliphatic rings. The molecule has 0 N–H and O–H groups in total. The summed E-state index contributed by atoms with van der Waals surface area (Å²) in [5, 5.41) is 2.45. The van der Waals surface area contributed by atoms with E-state index in [0.29, 0.717) is 21.9 Å². The fraction of sp³-hybridized carbons (Fsp3) is 0.130. The van der Waals surface area contributed by atoms with E-state index >= 15 is 0 Å². The molecule has 4 aromatic carbocycles. The van der Waals surface area contributed by atoms with Crippen LogP contribution in [0.3, 0.4) is 0 Å². The molecule has 0 unspecified atom stereocenters. The lowest BCUT2D eigenvalue weighted by Crippen LogP contribution is -2.16. The lowest BCUT2D eigenvalue weighted by atomic mass is 10.1. The Bertz CT molecular complexity index is 1390. The van der Waals surface area contributed by atoms with Crippen molar-refractivity contribution in [2.24, 2.45) is 0 Å². The van der Waals surface area contributed by atoms with E-state index in [9.17, 15) is 16.8 Å². The van der Waals surface area contributed by atoms with Gasteiger partial charge in [-0.3, -0.25) is 0 Å².